The van der Waals surface area contributed by atoms with Crippen molar-refractivity contribution in [2.75, 3.05) is 13.1 Å². The summed E-state index contributed by atoms with van der Waals surface area (Å²) >= 11 is 0. The first-order valence-electron chi connectivity index (χ1n) is 6.80. The Morgan fingerprint density at radius 2 is 2.05 bits per heavy atom. The van der Waals surface area contributed by atoms with Gasteiger partial charge in [0.1, 0.15) is 5.60 Å². The lowest BCUT2D eigenvalue weighted by Gasteiger charge is -2.37. The van der Waals surface area contributed by atoms with Gasteiger partial charge in [0, 0.05) is 26.2 Å². The van der Waals surface area contributed by atoms with Gasteiger partial charge in [-0.25, -0.2) is 9.48 Å². The molecule has 0 aliphatic carbocycles. The minimum Gasteiger partial charge on any atom is -0.444 e. The summed E-state index contributed by atoms with van der Waals surface area (Å²) < 4.78 is 6.52. The molecular weight excluding hydrogens is 270 g/mol. The number of carbonyl (C=O) groups is 2. The third-order valence-electron chi connectivity index (χ3n) is 2.86. The molecular formula is C15H19N3O3. The second-order valence-corrected chi connectivity index (χ2v) is 6.04. The highest BCUT2D eigenvalue weighted by Crippen LogP contribution is 2.18. The molecule has 21 heavy (non-hydrogen) atoms. The molecule has 6 heteroatoms. The van der Waals surface area contributed by atoms with Crippen LogP contribution in [0.5, 0.6) is 0 Å². The standard InChI is InChI=1S/C15H19N3O3/c1-11(19)18-10-12(7-16-18)5-6-13-8-17(9-13)14(20)21-15(2,3)4/h7,10,13H,8-9H2,1-4H3. The number of hydrogen-bond donors (Lipinski definition) is 0. The predicted molar refractivity (Wildman–Crippen MR) is 76.7 cm³/mol. The second-order valence-electron chi connectivity index (χ2n) is 6.04. The van der Waals surface area contributed by atoms with E-state index in [1.54, 1.807) is 17.3 Å². The number of ether oxygens (including phenoxy) is 1. The topological polar surface area (TPSA) is 64.4 Å². The van der Waals surface area contributed by atoms with Crippen molar-refractivity contribution in [2.45, 2.75) is 33.3 Å². The fraction of sp³-hybridized carbons (Fsp3) is 0.533. The summed E-state index contributed by atoms with van der Waals surface area (Å²) in [5.41, 5.74) is 0.218. The van der Waals surface area contributed by atoms with Gasteiger partial charge in [0.2, 0.25) is 5.91 Å². The quantitative estimate of drug-likeness (QED) is 0.683. The average molecular weight is 289 g/mol. The van der Waals surface area contributed by atoms with Crippen LogP contribution < -0.4 is 0 Å². The van der Waals surface area contributed by atoms with E-state index in [4.69, 9.17) is 4.74 Å². The van der Waals surface area contributed by atoms with Gasteiger partial charge < -0.3 is 9.64 Å². The van der Waals surface area contributed by atoms with Crippen LogP contribution in [0.2, 0.25) is 0 Å². The fourth-order valence-electron chi connectivity index (χ4n) is 1.79. The van der Waals surface area contributed by atoms with Crippen LogP contribution in [0.25, 0.3) is 0 Å². The summed E-state index contributed by atoms with van der Waals surface area (Å²) in [4.78, 5) is 24.5. The van der Waals surface area contributed by atoms with E-state index in [0.717, 1.165) is 0 Å². The highest BCUT2D eigenvalue weighted by molar-refractivity contribution is 5.75. The van der Waals surface area contributed by atoms with Gasteiger partial charge >= 0.3 is 6.09 Å². The monoisotopic (exact) mass is 289 g/mol. The van der Waals surface area contributed by atoms with E-state index >= 15 is 0 Å². The Labute approximate surface area is 124 Å². The molecule has 2 rings (SSSR count). The van der Waals surface area contributed by atoms with E-state index in [1.807, 2.05) is 20.8 Å². The molecule has 1 saturated heterocycles. The fourth-order valence-corrected chi connectivity index (χ4v) is 1.79. The van der Waals surface area contributed by atoms with Crippen molar-refractivity contribution in [1.29, 1.82) is 0 Å². The second kappa shape index (κ2) is 5.60. The highest BCUT2D eigenvalue weighted by Gasteiger charge is 2.32. The summed E-state index contributed by atoms with van der Waals surface area (Å²) in [6.45, 7) is 8.11. The van der Waals surface area contributed by atoms with E-state index in [2.05, 4.69) is 16.9 Å². The van der Waals surface area contributed by atoms with Gasteiger partial charge in [-0.1, -0.05) is 11.8 Å². The zero-order valence-electron chi connectivity index (χ0n) is 12.7. The van der Waals surface area contributed by atoms with Crippen LogP contribution >= 0.6 is 0 Å². The smallest absolute Gasteiger partial charge is 0.410 e. The van der Waals surface area contributed by atoms with Gasteiger partial charge in [0.15, 0.2) is 0 Å². The van der Waals surface area contributed by atoms with Crippen LogP contribution in [-0.2, 0) is 4.74 Å². The van der Waals surface area contributed by atoms with Gasteiger partial charge in [0.05, 0.1) is 17.7 Å². The molecule has 0 aromatic carbocycles. The molecule has 0 saturated carbocycles. The Kier molecular flexibility index (Phi) is 4.03. The number of carbonyl (C=O) groups excluding carboxylic acids is 2. The maximum Gasteiger partial charge on any atom is 0.410 e. The molecule has 0 atom stereocenters. The van der Waals surface area contributed by atoms with Crippen molar-refractivity contribution >= 4 is 12.0 Å². The molecule has 1 amide bonds. The average Bonchev–Trinajstić information content (AvgIpc) is 2.73. The maximum atomic E-state index is 11.7. The molecule has 6 nitrogen and oxygen atoms in total. The third-order valence-corrected chi connectivity index (χ3v) is 2.86. The van der Waals surface area contributed by atoms with E-state index in [1.165, 1.54) is 11.6 Å². The van der Waals surface area contributed by atoms with Gasteiger partial charge in [0.25, 0.3) is 0 Å². The van der Waals surface area contributed by atoms with Gasteiger partial charge in [-0.2, -0.15) is 5.10 Å². The van der Waals surface area contributed by atoms with Crippen molar-refractivity contribution in [3.05, 3.63) is 18.0 Å². The number of amides is 1. The van der Waals surface area contributed by atoms with Crippen LogP contribution in [-0.4, -0.2) is 45.4 Å². The summed E-state index contributed by atoms with van der Waals surface area (Å²) in [7, 11) is 0. The third kappa shape index (κ3) is 4.09. The number of nitrogens with zero attached hydrogens (tertiary/aromatic N) is 3. The first-order valence-corrected chi connectivity index (χ1v) is 6.80. The number of aromatic nitrogens is 2. The first kappa shape index (κ1) is 15.1. The Morgan fingerprint density at radius 3 is 2.57 bits per heavy atom. The molecule has 1 aliphatic heterocycles. The maximum absolute atomic E-state index is 11.7. The van der Waals surface area contributed by atoms with Crippen molar-refractivity contribution in [3.63, 3.8) is 0 Å². The summed E-state index contributed by atoms with van der Waals surface area (Å²) in [6, 6.07) is 0. The molecule has 0 spiro atoms. The largest absolute Gasteiger partial charge is 0.444 e. The SMILES string of the molecule is CC(=O)n1cc(C#CC2CN(C(=O)OC(C)(C)C)C2)cn1. The Balaban J connectivity index is 1.84. The molecule has 0 unspecified atom stereocenters. The Hall–Kier alpha value is -2.29. The van der Waals surface area contributed by atoms with Crippen LogP contribution in [0.4, 0.5) is 4.79 Å². The number of likely N-dealkylation sites (tertiary alicyclic amines) is 1. The highest BCUT2D eigenvalue weighted by atomic mass is 16.6. The molecule has 0 N–H and O–H groups in total. The van der Waals surface area contributed by atoms with Gasteiger partial charge in [-0.15, -0.1) is 0 Å². The Morgan fingerprint density at radius 1 is 1.38 bits per heavy atom. The zero-order chi connectivity index (χ0) is 15.6. The molecule has 0 radical (unpaired) electrons. The summed E-state index contributed by atoms with van der Waals surface area (Å²) in [6.07, 6.45) is 2.85. The lowest BCUT2D eigenvalue weighted by Crippen LogP contribution is -2.51. The Bertz CT molecular complexity index is 610. The molecule has 112 valence electrons. The zero-order valence-corrected chi connectivity index (χ0v) is 12.7. The number of hydrogen-bond acceptors (Lipinski definition) is 4. The molecule has 1 aliphatic rings. The summed E-state index contributed by atoms with van der Waals surface area (Å²) in [5, 5.41) is 3.90. The molecule has 1 aromatic heterocycles. The van der Waals surface area contributed by atoms with E-state index in [9.17, 15) is 9.59 Å². The lowest BCUT2D eigenvalue weighted by molar-refractivity contribution is 0.00591. The number of rotatable bonds is 0. The predicted octanol–water partition coefficient (Wildman–Crippen LogP) is 1.76. The van der Waals surface area contributed by atoms with Crippen LogP contribution in [0.1, 0.15) is 38.1 Å². The van der Waals surface area contributed by atoms with Crippen molar-refractivity contribution in [3.8, 4) is 11.8 Å². The van der Waals surface area contributed by atoms with Crippen LogP contribution in [0.15, 0.2) is 12.4 Å². The summed E-state index contributed by atoms with van der Waals surface area (Å²) in [5.74, 6) is 6.02. The first-order chi connectivity index (χ1) is 9.74. The van der Waals surface area contributed by atoms with E-state index < -0.39 is 5.60 Å². The van der Waals surface area contributed by atoms with E-state index in [0.29, 0.717) is 18.7 Å². The molecule has 1 aromatic rings. The lowest BCUT2D eigenvalue weighted by atomic mass is 10.0. The van der Waals surface area contributed by atoms with Crippen molar-refractivity contribution < 1.29 is 14.3 Å². The van der Waals surface area contributed by atoms with Gasteiger partial charge in [-0.3, -0.25) is 4.79 Å². The van der Waals surface area contributed by atoms with Crippen molar-refractivity contribution in [1.82, 2.24) is 14.7 Å². The van der Waals surface area contributed by atoms with Crippen LogP contribution in [0.3, 0.4) is 0 Å². The molecule has 1 fully saturated rings. The van der Waals surface area contributed by atoms with Gasteiger partial charge in [-0.05, 0) is 20.8 Å². The van der Waals surface area contributed by atoms with E-state index in [-0.39, 0.29) is 17.9 Å². The molecule has 2 heterocycles. The minimum absolute atomic E-state index is 0.137. The minimum atomic E-state index is -0.477. The normalized spacial score (nSPS) is 15.0. The molecule has 0 bridgehead atoms. The van der Waals surface area contributed by atoms with Crippen molar-refractivity contribution in [2.24, 2.45) is 5.92 Å². The van der Waals surface area contributed by atoms with Crippen LogP contribution in [0, 0.1) is 17.8 Å².